The Labute approximate surface area is 201 Å². The van der Waals surface area contributed by atoms with Crippen LogP contribution in [0.2, 0.25) is 0 Å². The van der Waals surface area contributed by atoms with Gasteiger partial charge < -0.3 is 20.9 Å². The van der Waals surface area contributed by atoms with E-state index >= 15 is 0 Å². The molecule has 4 N–H and O–H groups in total. The lowest BCUT2D eigenvalue weighted by Gasteiger charge is -2.27. The zero-order valence-electron chi connectivity index (χ0n) is 19.6. The lowest BCUT2D eigenvalue weighted by atomic mass is 9.80. The lowest BCUT2D eigenvalue weighted by molar-refractivity contribution is -0.140. The molecule has 34 heavy (non-hydrogen) atoms. The van der Waals surface area contributed by atoms with E-state index in [1.165, 1.54) is 18.9 Å². The summed E-state index contributed by atoms with van der Waals surface area (Å²) in [5.41, 5.74) is 14.1. The highest BCUT2D eigenvalue weighted by molar-refractivity contribution is 5.87. The van der Waals surface area contributed by atoms with Gasteiger partial charge in [0, 0.05) is 23.0 Å². The number of rotatable bonds is 10. The van der Waals surface area contributed by atoms with Crippen molar-refractivity contribution in [1.82, 2.24) is 0 Å². The number of nitrogen functional groups attached to an aromatic ring is 2. The van der Waals surface area contributed by atoms with Crippen LogP contribution >= 0.6 is 0 Å². The molecule has 0 heterocycles. The third-order valence-electron chi connectivity index (χ3n) is 6.25. The van der Waals surface area contributed by atoms with Crippen molar-refractivity contribution >= 4 is 29.4 Å². The summed E-state index contributed by atoms with van der Waals surface area (Å²) >= 11 is 0. The van der Waals surface area contributed by atoms with Gasteiger partial charge in [-0.15, -0.1) is 6.58 Å². The van der Waals surface area contributed by atoms with E-state index in [9.17, 15) is 9.59 Å². The zero-order chi connectivity index (χ0) is 24.3. The number of esters is 2. The smallest absolute Gasteiger partial charge is 0.331 e. The Bertz CT molecular complexity index is 1010. The molecule has 1 aliphatic carbocycles. The maximum Gasteiger partial charge on any atom is 0.331 e. The van der Waals surface area contributed by atoms with Gasteiger partial charge in [-0.25, -0.2) is 4.79 Å². The van der Waals surface area contributed by atoms with Crippen LogP contribution < -0.4 is 16.2 Å². The van der Waals surface area contributed by atoms with Crippen molar-refractivity contribution in [2.24, 2.45) is 11.8 Å². The van der Waals surface area contributed by atoms with Gasteiger partial charge in [0.15, 0.2) is 0 Å². The largest absolute Gasteiger partial charge is 0.458 e. The van der Waals surface area contributed by atoms with Crippen LogP contribution in [0.15, 0.2) is 61.2 Å². The Balaban J connectivity index is 1.42. The predicted molar refractivity (Wildman–Crippen MR) is 136 cm³/mol. The van der Waals surface area contributed by atoms with Gasteiger partial charge >= 0.3 is 11.9 Å². The third-order valence-corrected chi connectivity index (χ3v) is 6.25. The Morgan fingerprint density at radius 2 is 1.76 bits per heavy atom. The minimum Gasteiger partial charge on any atom is -0.458 e. The van der Waals surface area contributed by atoms with Crippen molar-refractivity contribution in [1.29, 1.82) is 0 Å². The minimum absolute atomic E-state index is 0.0287. The number of hydrogen-bond donors (Lipinski definition) is 2. The maximum absolute atomic E-state index is 12.5. The van der Waals surface area contributed by atoms with Crippen molar-refractivity contribution in [2.45, 2.75) is 51.6 Å². The Hall–Kier alpha value is -3.54. The summed E-state index contributed by atoms with van der Waals surface area (Å²) in [6.07, 6.45) is 12.4. The second-order valence-electron chi connectivity index (χ2n) is 8.83. The fourth-order valence-corrected chi connectivity index (χ4v) is 4.20. The average Bonchev–Trinajstić information content (AvgIpc) is 2.84. The molecule has 0 saturated heterocycles. The number of benzene rings is 2. The first-order chi connectivity index (χ1) is 16.4. The second-order valence-corrected chi connectivity index (χ2v) is 8.83. The van der Waals surface area contributed by atoms with Crippen molar-refractivity contribution in [3.05, 3.63) is 72.3 Å². The molecule has 6 nitrogen and oxygen atoms in total. The van der Waals surface area contributed by atoms with Crippen molar-refractivity contribution in [3.8, 4) is 5.75 Å². The first-order valence-electron chi connectivity index (χ1n) is 11.9. The van der Waals surface area contributed by atoms with Gasteiger partial charge in [0.2, 0.25) is 0 Å². The Morgan fingerprint density at radius 1 is 1.03 bits per heavy atom. The third kappa shape index (κ3) is 7.80. The normalized spacial score (nSPS) is 17.9. The lowest BCUT2D eigenvalue weighted by Crippen LogP contribution is -2.25. The minimum atomic E-state index is -0.488. The number of carbonyl (C=O) groups is 2. The molecule has 3 rings (SSSR count). The molecule has 0 amide bonds. The first-order valence-corrected chi connectivity index (χ1v) is 11.9. The summed E-state index contributed by atoms with van der Waals surface area (Å²) in [4.78, 5) is 24.6. The number of ether oxygens (including phenoxy) is 2. The highest BCUT2D eigenvalue weighted by atomic mass is 16.5. The average molecular weight is 463 g/mol. The van der Waals surface area contributed by atoms with Gasteiger partial charge in [-0.1, -0.05) is 24.6 Å². The maximum atomic E-state index is 12.5. The van der Waals surface area contributed by atoms with E-state index < -0.39 is 5.97 Å². The monoisotopic (exact) mass is 462 g/mol. The fraction of sp³-hybridized carbons (Fsp3) is 0.357. The Kier molecular flexibility index (Phi) is 9.32. The molecule has 0 spiro atoms. The fourth-order valence-electron chi connectivity index (χ4n) is 4.20. The molecule has 180 valence electrons. The molecular weight excluding hydrogens is 428 g/mol. The standard InChI is InChI=1S/C28H34N2O4/c1-2-3-4-5-20-6-11-22(12-7-20)28(32)34-25-14-8-21(9-15-25)10-17-27(31)33-19-23-18-24(29)13-16-26(23)30/h2,8-10,13-18,20,22H,1,3-7,11-12,19,29-30H2. The van der Waals surface area contributed by atoms with Crippen molar-refractivity contribution < 1.29 is 19.1 Å². The summed E-state index contributed by atoms with van der Waals surface area (Å²) in [6, 6.07) is 12.1. The SMILES string of the molecule is C=CCCCC1CCC(C(=O)Oc2ccc(C=CC(=O)OCc3cc(N)ccc3N)cc2)CC1. The van der Waals surface area contributed by atoms with Crippen molar-refractivity contribution in [2.75, 3.05) is 11.5 Å². The van der Waals surface area contributed by atoms with E-state index in [-0.39, 0.29) is 18.5 Å². The summed E-state index contributed by atoms with van der Waals surface area (Å²) in [5, 5.41) is 0. The molecule has 2 aromatic carbocycles. The number of carbonyl (C=O) groups excluding carboxylic acids is 2. The molecule has 0 radical (unpaired) electrons. The van der Waals surface area contributed by atoms with Gasteiger partial charge in [0.1, 0.15) is 12.4 Å². The summed E-state index contributed by atoms with van der Waals surface area (Å²) in [6.45, 7) is 3.82. The van der Waals surface area contributed by atoms with Crippen molar-refractivity contribution in [3.63, 3.8) is 0 Å². The van der Waals surface area contributed by atoms with Crippen LogP contribution in [0.4, 0.5) is 11.4 Å². The number of hydrogen-bond acceptors (Lipinski definition) is 6. The molecule has 1 aliphatic rings. The van der Waals surface area contributed by atoms with Crippen LogP contribution in [0.1, 0.15) is 56.1 Å². The van der Waals surface area contributed by atoms with Gasteiger partial charge in [0.05, 0.1) is 5.92 Å². The number of anilines is 2. The van der Waals surface area contributed by atoms with E-state index in [0.717, 1.165) is 37.7 Å². The molecular formula is C28H34N2O4. The van der Waals surface area contributed by atoms with Gasteiger partial charge in [0.25, 0.3) is 0 Å². The highest BCUT2D eigenvalue weighted by Crippen LogP contribution is 2.33. The van der Waals surface area contributed by atoms with E-state index in [0.29, 0.717) is 28.6 Å². The van der Waals surface area contributed by atoms with Crippen LogP contribution in [0, 0.1) is 11.8 Å². The molecule has 0 aliphatic heterocycles. The second kappa shape index (κ2) is 12.6. The quantitative estimate of drug-likeness (QED) is 0.118. The number of nitrogens with two attached hydrogens (primary N) is 2. The molecule has 0 aromatic heterocycles. The van der Waals surface area contributed by atoms with E-state index in [2.05, 4.69) is 6.58 Å². The Morgan fingerprint density at radius 3 is 2.47 bits per heavy atom. The predicted octanol–water partition coefficient (Wildman–Crippen LogP) is 5.68. The molecule has 0 bridgehead atoms. The van der Waals surface area contributed by atoms with Crippen LogP contribution in [0.5, 0.6) is 5.75 Å². The summed E-state index contributed by atoms with van der Waals surface area (Å²) in [5.74, 6) is 0.550. The molecule has 6 heteroatoms. The molecule has 0 unspecified atom stereocenters. The molecule has 1 fully saturated rings. The highest BCUT2D eigenvalue weighted by Gasteiger charge is 2.27. The summed E-state index contributed by atoms with van der Waals surface area (Å²) < 4.78 is 10.8. The van der Waals surface area contributed by atoms with E-state index in [1.54, 1.807) is 48.5 Å². The first kappa shape index (κ1) is 25.1. The van der Waals surface area contributed by atoms with Gasteiger partial charge in [-0.2, -0.15) is 0 Å². The topological polar surface area (TPSA) is 105 Å². The summed E-state index contributed by atoms with van der Waals surface area (Å²) in [7, 11) is 0. The molecule has 1 saturated carbocycles. The molecule has 0 atom stereocenters. The van der Waals surface area contributed by atoms with Crippen LogP contribution in [-0.4, -0.2) is 11.9 Å². The molecule has 2 aromatic rings. The van der Waals surface area contributed by atoms with Crippen LogP contribution in [-0.2, 0) is 20.9 Å². The number of allylic oxidation sites excluding steroid dienone is 1. The van der Waals surface area contributed by atoms with Gasteiger partial charge in [-0.05, 0) is 86.4 Å². The number of unbranched alkanes of at least 4 members (excludes halogenated alkanes) is 1. The van der Waals surface area contributed by atoms with Gasteiger partial charge in [-0.3, -0.25) is 4.79 Å². The zero-order valence-corrected chi connectivity index (χ0v) is 19.6. The van der Waals surface area contributed by atoms with E-state index in [4.69, 9.17) is 20.9 Å². The van der Waals surface area contributed by atoms with E-state index in [1.807, 2.05) is 6.08 Å². The van der Waals surface area contributed by atoms with Crippen LogP contribution in [0.25, 0.3) is 6.08 Å². The van der Waals surface area contributed by atoms with Crippen LogP contribution in [0.3, 0.4) is 0 Å².